The summed E-state index contributed by atoms with van der Waals surface area (Å²) in [5.41, 5.74) is 1.29. The van der Waals surface area contributed by atoms with Crippen LogP contribution in [0, 0.1) is 6.92 Å². The molecule has 1 aromatic heterocycles. The lowest BCUT2D eigenvalue weighted by Crippen LogP contribution is -2.14. The molecule has 0 fully saturated rings. The lowest BCUT2D eigenvalue weighted by Gasteiger charge is -2.06. The number of hydrogen-bond acceptors (Lipinski definition) is 5. The van der Waals surface area contributed by atoms with Crippen molar-refractivity contribution in [2.75, 3.05) is 12.4 Å². The number of ether oxygens (including phenoxy) is 1. The fraction of sp³-hybridized carbons (Fsp3) is 0.267. The molecule has 0 aliphatic heterocycles. The van der Waals surface area contributed by atoms with Gasteiger partial charge < -0.3 is 14.5 Å². The van der Waals surface area contributed by atoms with Crippen LogP contribution in [0.2, 0.25) is 0 Å². The van der Waals surface area contributed by atoms with E-state index >= 15 is 0 Å². The Hall–Kier alpha value is -2.63. The van der Waals surface area contributed by atoms with Crippen molar-refractivity contribution in [1.29, 1.82) is 0 Å². The molecule has 21 heavy (non-hydrogen) atoms. The quantitative estimate of drug-likeness (QED) is 0.687. The van der Waals surface area contributed by atoms with Gasteiger partial charge in [-0.1, -0.05) is 0 Å². The molecule has 1 amide bonds. The van der Waals surface area contributed by atoms with Crippen molar-refractivity contribution in [3.63, 3.8) is 0 Å². The van der Waals surface area contributed by atoms with Crippen LogP contribution in [0.4, 0.5) is 5.69 Å². The summed E-state index contributed by atoms with van der Waals surface area (Å²) < 4.78 is 9.57. The number of nitrogens with one attached hydrogen (secondary N) is 1. The number of esters is 1. The van der Waals surface area contributed by atoms with E-state index in [4.69, 9.17) is 4.42 Å². The molecule has 2 rings (SSSR count). The highest BCUT2D eigenvalue weighted by Gasteiger charge is 2.08. The van der Waals surface area contributed by atoms with E-state index in [0.717, 1.165) is 10.9 Å². The highest BCUT2D eigenvalue weighted by atomic mass is 16.5. The van der Waals surface area contributed by atoms with Crippen molar-refractivity contribution in [1.82, 2.24) is 0 Å². The minimum Gasteiger partial charge on any atom is -0.469 e. The SMILES string of the molecule is COC(=O)CCC(=O)Nc1ccc2c(C)cc(=O)oc2c1. The number of carbonyl (C=O) groups is 2. The maximum Gasteiger partial charge on any atom is 0.336 e. The van der Waals surface area contributed by atoms with E-state index in [1.807, 2.05) is 6.92 Å². The fourth-order valence-corrected chi connectivity index (χ4v) is 1.94. The Morgan fingerprint density at radius 3 is 2.71 bits per heavy atom. The number of methoxy groups -OCH3 is 1. The number of aryl methyl sites for hydroxylation is 1. The van der Waals surface area contributed by atoms with Gasteiger partial charge in [0.2, 0.25) is 5.91 Å². The Morgan fingerprint density at radius 1 is 1.24 bits per heavy atom. The highest BCUT2D eigenvalue weighted by molar-refractivity contribution is 5.94. The summed E-state index contributed by atoms with van der Waals surface area (Å²) in [6, 6.07) is 6.48. The summed E-state index contributed by atoms with van der Waals surface area (Å²) in [7, 11) is 1.27. The van der Waals surface area contributed by atoms with Crippen molar-refractivity contribution in [2.45, 2.75) is 19.8 Å². The van der Waals surface area contributed by atoms with Crippen LogP contribution in [0.5, 0.6) is 0 Å². The topological polar surface area (TPSA) is 85.6 Å². The number of fused-ring (bicyclic) bond motifs is 1. The smallest absolute Gasteiger partial charge is 0.336 e. The first-order valence-electron chi connectivity index (χ1n) is 6.41. The predicted octanol–water partition coefficient (Wildman–Crippen LogP) is 1.99. The largest absolute Gasteiger partial charge is 0.469 e. The number of rotatable bonds is 4. The van der Waals surface area contributed by atoms with E-state index in [0.29, 0.717) is 11.3 Å². The van der Waals surface area contributed by atoms with Crippen LogP contribution >= 0.6 is 0 Å². The Morgan fingerprint density at radius 2 is 2.00 bits per heavy atom. The summed E-state index contributed by atoms with van der Waals surface area (Å²) in [4.78, 5) is 34.0. The van der Waals surface area contributed by atoms with Crippen molar-refractivity contribution < 1.29 is 18.7 Å². The highest BCUT2D eigenvalue weighted by Crippen LogP contribution is 2.20. The molecule has 0 radical (unpaired) electrons. The van der Waals surface area contributed by atoms with Crippen LogP contribution < -0.4 is 10.9 Å². The molecule has 6 nitrogen and oxygen atoms in total. The molecule has 0 aliphatic carbocycles. The van der Waals surface area contributed by atoms with Gasteiger partial charge in [0.25, 0.3) is 0 Å². The van der Waals surface area contributed by atoms with Crippen LogP contribution in [0.3, 0.4) is 0 Å². The Bertz CT molecular complexity index is 747. The van der Waals surface area contributed by atoms with Crippen molar-refractivity contribution >= 4 is 28.5 Å². The summed E-state index contributed by atoms with van der Waals surface area (Å²) in [5, 5.41) is 3.45. The summed E-state index contributed by atoms with van der Waals surface area (Å²) in [5.74, 6) is -0.750. The van der Waals surface area contributed by atoms with E-state index in [1.54, 1.807) is 18.2 Å². The zero-order valence-corrected chi connectivity index (χ0v) is 11.8. The standard InChI is InChI=1S/C15H15NO5/c1-9-7-15(19)21-12-8-10(3-4-11(9)12)16-13(17)5-6-14(18)20-2/h3-4,7-8H,5-6H2,1-2H3,(H,16,17). The van der Waals surface area contributed by atoms with Gasteiger partial charge in [-0.05, 0) is 24.6 Å². The van der Waals surface area contributed by atoms with Gasteiger partial charge in [0.15, 0.2) is 0 Å². The Balaban J connectivity index is 2.14. The molecule has 0 atom stereocenters. The van der Waals surface area contributed by atoms with Crippen LogP contribution in [0.15, 0.2) is 33.5 Å². The van der Waals surface area contributed by atoms with Crippen LogP contribution in [-0.4, -0.2) is 19.0 Å². The predicted molar refractivity (Wildman–Crippen MR) is 77.1 cm³/mol. The van der Waals surface area contributed by atoms with Gasteiger partial charge in [0.05, 0.1) is 13.5 Å². The first kappa shape index (κ1) is 14.8. The lowest BCUT2D eigenvalue weighted by atomic mass is 10.1. The summed E-state index contributed by atoms with van der Waals surface area (Å²) in [6.45, 7) is 1.81. The molecule has 1 heterocycles. The van der Waals surface area contributed by atoms with Gasteiger partial charge in [-0.2, -0.15) is 0 Å². The maximum absolute atomic E-state index is 11.7. The summed E-state index contributed by atoms with van der Waals surface area (Å²) in [6.07, 6.45) is 0.0482. The molecule has 0 saturated heterocycles. The lowest BCUT2D eigenvalue weighted by molar-refractivity contribution is -0.141. The maximum atomic E-state index is 11.7. The van der Waals surface area contributed by atoms with Crippen LogP contribution in [0.1, 0.15) is 18.4 Å². The van der Waals surface area contributed by atoms with Crippen LogP contribution in [-0.2, 0) is 14.3 Å². The van der Waals surface area contributed by atoms with Crippen molar-refractivity contribution in [2.24, 2.45) is 0 Å². The molecule has 110 valence electrons. The number of anilines is 1. The second kappa shape index (κ2) is 6.21. The minimum absolute atomic E-state index is 0.0180. The Labute approximate surface area is 120 Å². The molecule has 1 N–H and O–H groups in total. The van der Waals surface area contributed by atoms with Gasteiger partial charge in [-0.25, -0.2) is 4.79 Å². The second-order valence-corrected chi connectivity index (χ2v) is 4.58. The van der Waals surface area contributed by atoms with E-state index in [9.17, 15) is 14.4 Å². The first-order chi connectivity index (χ1) is 9.99. The van der Waals surface area contributed by atoms with E-state index in [1.165, 1.54) is 13.2 Å². The molecular formula is C15H15NO5. The third-order valence-electron chi connectivity index (χ3n) is 3.02. The monoisotopic (exact) mass is 289 g/mol. The molecule has 0 saturated carbocycles. The van der Waals surface area contributed by atoms with Gasteiger partial charge in [0.1, 0.15) is 5.58 Å². The molecule has 2 aromatic rings. The molecule has 6 heteroatoms. The molecule has 1 aromatic carbocycles. The normalized spacial score (nSPS) is 10.4. The van der Waals surface area contributed by atoms with Gasteiger partial charge in [0, 0.05) is 29.6 Å². The molecular weight excluding hydrogens is 274 g/mol. The average Bonchev–Trinajstić information content (AvgIpc) is 2.44. The molecule has 0 spiro atoms. The molecule has 0 aliphatic rings. The zero-order valence-electron chi connectivity index (χ0n) is 11.8. The number of carbonyl (C=O) groups excluding carboxylic acids is 2. The van der Waals surface area contributed by atoms with E-state index in [-0.39, 0.29) is 18.7 Å². The number of amides is 1. The first-order valence-corrected chi connectivity index (χ1v) is 6.41. The van der Waals surface area contributed by atoms with Gasteiger partial charge in [-0.15, -0.1) is 0 Å². The second-order valence-electron chi connectivity index (χ2n) is 4.58. The number of hydrogen-bond donors (Lipinski definition) is 1. The Kier molecular flexibility index (Phi) is 4.37. The molecule has 0 unspecified atom stereocenters. The van der Waals surface area contributed by atoms with Crippen molar-refractivity contribution in [3.05, 3.63) is 40.2 Å². The number of benzene rings is 1. The minimum atomic E-state index is -0.440. The van der Waals surface area contributed by atoms with Crippen LogP contribution in [0.25, 0.3) is 11.0 Å². The zero-order chi connectivity index (χ0) is 15.4. The van der Waals surface area contributed by atoms with Crippen molar-refractivity contribution in [3.8, 4) is 0 Å². The average molecular weight is 289 g/mol. The third-order valence-corrected chi connectivity index (χ3v) is 3.02. The third kappa shape index (κ3) is 3.68. The van der Waals surface area contributed by atoms with Gasteiger partial charge >= 0.3 is 11.6 Å². The fourth-order valence-electron chi connectivity index (χ4n) is 1.94. The van der Waals surface area contributed by atoms with E-state index < -0.39 is 11.6 Å². The molecule has 0 bridgehead atoms. The van der Waals surface area contributed by atoms with Gasteiger partial charge in [-0.3, -0.25) is 9.59 Å². The summed E-state index contributed by atoms with van der Waals surface area (Å²) >= 11 is 0. The van der Waals surface area contributed by atoms with E-state index in [2.05, 4.69) is 10.1 Å².